The third kappa shape index (κ3) is 5.22. The van der Waals surface area contributed by atoms with Crippen LogP contribution in [0, 0.1) is 0 Å². The molecule has 0 aromatic carbocycles. The zero-order valence-electron chi connectivity index (χ0n) is 11.7. The number of nitrogens with zero attached hydrogens (tertiary/aromatic N) is 1. The van der Waals surface area contributed by atoms with Crippen molar-refractivity contribution in [1.82, 2.24) is 9.62 Å². The molecule has 0 aromatic rings. The summed E-state index contributed by atoms with van der Waals surface area (Å²) in [5, 5.41) is 3.29. The van der Waals surface area contributed by atoms with Crippen molar-refractivity contribution in [2.45, 2.75) is 45.3 Å². The summed E-state index contributed by atoms with van der Waals surface area (Å²) in [7, 11) is -1.44. The van der Waals surface area contributed by atoms with Crippen molar-refractivity contribution in [3.63, 3.8) is 0 Å². The van der Waals surface area contributed by atoms with Crippen molar-refractivity contribution in [3.05, 3.63) is 0 Å². The second kappa shape index (κ2) is 7.43. The first-order valence-corrected chi connectivity index (χ1v) is 8.30. The molecule has 0 saturated carbocycles. The van der Waals surface area contributed by atoms with Crippen molar-refractivity contribution in [2.24, 2.45) is 0 Å². The zero-order chi connectivity index (χ0) is 13.6. The molecule has 18 heavy (non-hydrogen) atoms. The molecule has 1 saturated heterocycles. The van der Waals surface area contributed by atoms with E-state index in [1.54, 1.807) is 11.4 Å². The first-order valence-electron chi connectivity index (χ1n) is 6.69. The van der Waals surface area contributed by atoms with Crippen molar-refractivity contribution in [1.29, 1.82) is 0 Å². The molecule has 0 aliphatic carbocycles. The summed E-state index contributed by atoms with van der Waals surface area (Å²) in [4.78, 5) is 0. The third-order valence-electron chi connectivity index (χ3n) is 3.22. The van der Waals surface area contributed by atoms with Gasteiger partial charge in [-0.2, -0.15) is 4.31 Å². The average Bonchev–Trinajstić information content (AvgIpc) is 2.77. The van der Waals surface area contributed by atoms with Crippen LogP contribution in [-0.2, 0) is 14.8 Å². The van der Waals surface area contributed by atoms with Crippen LogP contribution in [0.2, 0.25) is 0 Å². The van der Waals surface area contributed by atoms with Gasteiger partial charge in [-0.3, -0.25) is 0 Å². The Labute approximate surface area is 111 Å². The second-order valence-electron chi connectivity index (χ2n) is 5.14. The Hall–Kier alpha value is -0.170. The number of unbranched alkanes of at least 4 members (excludes halogenated alkanes) is 1. The maximum absolute atomic E-state index is 12.0. The second-order valence-corrected chi connectivity index (χ2v) is 7.22. The molecule has 0 radical (unpaired) electrons. The molecule has 6 heteroatoms. The molecule has 0 amide bonds. The fourth-order valence-corrected chi connectivity index (χ4v) is 3.68. The predicted molar refractivity (Wildman–Crippen MR) is 73.1 cm³/mol. The topological polar surface area (TPSA) is 58.6 Å². The van der Waals surface area contributed by atoms with Gasteiger partial charge in [0, 0.05) is 26.2 Å². The summed E-state index contributed by atoms with van der Waals surface area (Å²) in [6.07, 6.45) is 2.50. The maximum atomic E-state index is 12.0. The molecular formula is C12H26N2O3S. The molecular weight excluding hydrogens is 252 g/mol. The first-order chi connectivity index (χ1) is 8.45. The molecule has 1 N–H and O–H groups in total. The number of methoxy groups -OCH3 is 1. The Morgan fingerprint density at radius 3 is 2.67 bits per heavy atom. The van der Waals surface area contributed by atoms with Gasteiger partial charge in [-0.05, 0) is 25.8 Å². The third-order valence-corrected chi connectivity index (χ3v) is 5.14. The van der Waals surface area contributed by atoms with Gasteiger partial charge in [-0.1, -0.05) is 13.8 Å². The Morgan fingerprint density at radius 2 is 2.11 bits per heavy atom. The number of ether oxygens (including phenoxy) is 1. The molecule has 1 aliphatic rings. The number of hydrogen-bond donors (Lipinski definition) is 1. The maximum Gasteiger partial charge on any atom is 0.214 e. The Bertz CT molecular complexity index is 330. The lowest BCUT2D eigenvalue weighted by Crippen LogP contribution is -2.32. The fourth-order valence-electron chi connectivity index (χ4n) is 2.07. The van der Waals surface area contributed by atoms with E-state index in [9.17, 15) is 8.42 Å². The molecule has 1 unspecified atom stereocenters. The van der Waals surface area contributed by atoms with Crippen molar-refractivity contribution >= 4 is 10.0 Å². The van der Waals surface area contributed by atoms with Gasteiger partial charge in [0.1, 0.15) is 0 Å². The van der Waals surface area contributed by atoms with Crippen molar-refractivity contribution in [2.75, 3.05) is 32.5 Å². The molecule has 0 bridgehead atoms. The van der Waals surface area contributed by atoms with Crippen LogP contribution in [0.15, 0.2) is 0 Å². The summed E-state index contributed by atoms with van der Waals surface area (Å²) >= 11 is 0. The van der Waals surface area contributed by atoms with Gasteiger partial charge < -0.3 is 10.1 Å². The van der Waals surface area contributed by atoms with Crippen molar-refractivity contribution in [3.8, 4) is 0 Å². The number of rotatable bonds is 8. The van der Waals surface area contributed by atoms with Gasteiger partial charge in [0.05, 0.1) is 11.9 Å². The van der Waals surface area contributed by atoms with E-state index in [2.05, 4.69) is 19.2 Å². The SMILES string of the molecule is COC1CCN(S(=O)(=O)CCCCNC(C)C)C1. The largest absolute Gasteiger partial charge is 0.380 e. The average molecular weight is 278 g/mol. The van der Waals surface area contributed by atoms with Gasteiger partial charge in [0.15, 0.2) is 0 Å². The molecule has 1 heterocycles. The van der Waals surface area contributed by atoms with Crippen LogP contribution in [0.25, 0.3) is 0 Å². The van der Waals surface area contributed by atoms with E-state index in [0.717, 1.165) is 25.8 Å². The van der Waals surface area contributed by atoms with E-state index in [4.69, 9.17) is 4.74 Å². The highest BCUT2D eigenvalue weighted by atomic mass is 32.2. The minimum Gasteiger partial charge on any atom is -0.380 e. The standard InChI is InChI=1S/C12H26N2O3S/c1-11(2)13-7-4-5-9-18(15,16)14-8-6-12(10-14)17-3/h11-13H,4-10H2,1-3H3. The van der Waals surface area contributed by atoms with Crippen LogP contribution in [0.5, 0.6) is 0 Å². The molecule has 0 spiro atoms. The van der Waals surface area contributed by atoms with Gasteiger partial charge in [0.25, 0.3) is 0 Å². The molecule has 1 rings (SSSR count). The summed E-state index contributed by atoms with van der Waals surface area (Å²) in [6.45, 7) is 6.18. The summed E-state index contributed by atoms with van der Waals surface area (Å²) in [5.74, 6) is 0.253. The zero-order valence-corrected chi connectivity index (χ0v) is 12.5. The predicted octanol–water partition coefficient (Wildman–Crippen LogP) is 0.815. The summed E-state index contributed by atoms with van der Waals surface area (Å²) < 4.78 is 30.8. The van der Waals surface area contributed by atoms with Crippen molar-refractivity contribution < 1.29 is 13.2 Å². The number of hydrogen-bond acceptors (Lipinski definition) is 4. The molecule has 1 fully saturated rings. The normalized spacial score (nSPS) is 21.9. The van der Waals surface area contributed by atoms with E-state index in [1.807, 2.05) is 0 Å². The molecule has 0 aromatic heterocycles. The quantitative estimate of drug-likeness (QED) is 0.668. The Morgan fingerprint density at radius 1 is 1.39 bits per heavy atom. The van der Waals surface area contributed by atoms with E-state index in [1.165, 1.54) is 0 Å². The minimum absolute atomic E-state index is 0.0717. The lowest BCUT2D eigenvalue weighted by atomic mass is 10.3. The van der Waals surface area contributed by atoms with Crippen LogP contribution in [0.4, 0.5) is 0 Å². The lowest BCUT2D eigenvalue weighted by Gasteiger charge is -2.16. The molecule has 1 atom stereocenters. The number of sulfonamides is 1. The smallest absolute Gasteiger partial charge is 0.214 e. The highest BCUT2D eigenvalue weighted by Crippen LogP contribution is 2.16. The van der Waals surface area contributed by atoms with Crippen LogP contribution >= 0.6 is 0 Å². The highest BCUT2D eigenvalue weighted by molar-refractivity contribution is 7.89. The number of nitrogens with one attached hydrogen (secondary N) is 1. The molecule has 1 aliphatic heterocycles. The lowest BCUT2D eigenvalue weighted by molar-refractivity contribution is 0.115. The van der Waals surface area contributed by atoms with Crippen LogP contribution in [0.1, 0.15) is 33.1 Å². The van der Waals surface area contributed by atoms with Crippen LogP contribution in [0.3, 0.4) is 0 Å². The van der Waals surface area contributed by atoms with Gasteiger partial charge >= 0.3 is 0 Å². The van der Waals surface area contributed by atoms with Gasteiger partial charge in [-0.25, -0.2) is 8.42 Å². The van der Waals surface area contributed by atoms with Gasteiger partial charge in [-0.15, -0.1) is 0 Å². The van der Waals surface area contributed by atoms with Crippen LogP contribution < -0.4 is 5.32 Å². The first kappa shape index (κ1) is 15.9. The molecule has 108 valence electrons. The van der Waals surface area contributed by atoms with E-state index < -0.39 is 10.0 Å². The summed E-state index contributed by atoms with van der Waals surface area (Å²) in [6, 6.07) is 0.461. The van der Waals surface area contributed by atoms with Gasteiger partial charge in [0.2, 0.25) is 10.0 Å². The van der Waals surface area contributed by atoms with E-state index in [-0.39, 0.29) is 11.9 Å². The van der Waals surface area contributed by atoms with Crippen LogP contribution in [-0.4, -0.2) is 57.4 Å². The monoisotopic (exact) mass is 278 g/mol. The minimum atomic E-state index is -3.08. The Balaban J connectivity index is 2.24. The van der Waals surface area contributed by atoms with E-state index >= 15 is 0 Å². The highest BCUT2D eigenvalue weighted by Gasteiger charge is 2.30. The van der Waals surface area contributed by atoms with E-state index in [0.29, 0.717) is 19.1 Å². The fraction of sp³-hybridized carbons (Fsp3) is 1.00. The molecule has 5 nitrogen and oxygen atoms in total. The summed E-state index contributed by atoms with van der Waals surface area (Å²) in [5.41, 5.74) is 0. The Kier molecular flexibility index (Phi) is 6.55.